The molecule has 0 saturated heterocycles. The monoisotopic (exact) mass is 328 g/mol. The number of benzene rings is 2. The fourth-order valence-electron chi connectivity index (χ4n) is 3.74. The molecular formula is C21H16N2O2. The molecule has 0 bridgehead atoms. The highest BCUT2D eigenvalue weighted by molar-refractivity contribution is 5.78. The van der Waals surface area contributed by atoms with Crippen molar-refractivity contribution in [3.05, 3.63) is 94.6 Å². The first-order chi connectivity index (χ1) is 12.2. The van der Waals surface area contributed by atoms with Crippen molar-refractivity contribution in [2.24, 2.45) is 0 Å². The molecule has 0 amide bonds. The normalized spacial score (nSPS) is 18.4. The van der Waals surface area contributed by atoms with Gasteiger partial charge in [-0.15, -0.1) is 0 Å². The standard InChI is InChI=1S/C21H16N2O2/c1-21(15-13-14-7-2-5-10-18(14)25-20(15)24)19-11-6-12-23(19)17-9-4-3-8-16(17)22-21/h2-13,22H,1H3. The fourth-order valence-corrected chi connectivity index (χ4v) is 3.74. The summed E-state index contributed by atoms with van der Waals surface area (Å²) in [7, 11) is 0. The first-order valence-corrected chi connectivity index (χ1v) is 8.26. The van der Waals surface area contributed by atoms with Gasteiger partial charge in [0.25, 0.3) is 0 Å². The Morgan fingerprint density at radius 3 is 2.72 bits per heavy atom. The lowest BCUT2D eigenvalue weighted by molar-refractivity contribution is 0.511. The summed E-state index contributed by atoms with van der Waals surface area (Å²) in [5, 5.41) is 4.47. The number of hydrogen-bond donors (Lipinski definition) is 1. The molecule has 1 atom stereocenters. The van der Waals surface area contributed by atoms with Gasteiger partial charge in [-0.05, 0) is 43.3 Å². The molecule has 1 aliphatic heterocycles. The molecule has 5 rings (SSSR count). The molecule has 1 unspecified atom stereocenters. The van der Waals surface area contributed by atoms with Gasteiger partial charge in [0.15, 0.2) is 0 Å². The molecule has 0 spiro atoms. The van der Waals surface area contributed by atoms with Gasteiger partial charge in [-0.25, -0.2) is 4.79 Å². The van der Waals surface area contributed by atoms with Crippen LogP contribution < -0.4 is 10.9 Å². The number of hydrogen-bond acceptors (Lipinski definition) is 3. The Morgan fingerprint density at radius 2 is 1.80 bits per heavy atom. The molecule has 25 heavy (non-hydrogen) atoms. The Bertz CT molecular complexity index is 1170. The van der Waals surface area contributed by atoms with Crippen LogP contribution in [0.5, 0.6) is 0 Å². The first-order valence-electron chi connectivity index (χ1n) is 8.26. The fraction of sp³-hybridized carbons (Fsp3) is 0.0952. The second-order valence-corrected chi connectivity index (χ2v) is 6.52. The summed E-state index contributed by atoms with van der Waals surface area (Å²) in [5.41, 5.74) is 3.27. The molecule has 0 aliphatic carbocycles. The van der Waals surface area contributed by atoms with E-state index in [9.17, 15) is 4.79 Å². The maximum atomic E-state index is 12.8. The molecule has 3 heterocycles. The van der Waals surface area contributed by atoms with E-state index in [0.717, 1.165) is 22.5 Å². The molecule has 4 heteroatoms. The molecule has 0 saturated carbocycles. The van der Waals surface area contributed by atoms with E-state index in [1.165, 1.54) is 0 Å². The molecule has 1 N–H and O–H groups in total. The summed E-state index contributed by atoms with van der Waals surface area (Å²) >= 11 is 0. The maximum absolute atomic E-state index is 12.8. The quantitative estimate of drug-likeness (QED) is 0.531. The van der Waals surface area contributed by atoms with Gasteiger partial charge in [-0.1, -0.05) is 30.3 Å². The van der Waals surface area contributed by atoms with E-state index in [-0.39, 0.29) is 5.63 Å². The Balaban J connectivity index is 1.80. The number of nitrogens with one attached hydrogen (secondary N) is 1. The van der Waals surface area contributed by atoms with Crippen molar-refractivity contribution in [1.82, 2.24) is 4.57 Å². The van der Waals surface area contributed by atoms with Gasteiger partial charge in [-0.2, -0.15) is 0 Å². The zero-order valence-corrected chi connectivity index (χ0v) is 13.7. The van der Waals surface area contributed by atoms with E-state index >= 15 is 0 Å². The van der Waals surface area contributed by atoms with Crippen molar-refractivity contribution in [3.8, 4) is 5.69 Å². The molecule has 4 aromatic rings. The number of para-hydroxylation sites is 3. The molecule has 0 radical (unpaired) electrons. The van der Waals surface area contributed by atoms with Gasteiger partial charge in [0.05, 0.1) is 22.6 Å². The summed E-state index contributed by atoms with van der Waals surface area (Å²) in [5.74, 6) is 0. The van der Waals surface area contributed by atoms with Crippen LogP contribution in [-0.2, 0) is 5.54 Å². The summed E-state index contributed by atoms with van der Waals surface area (Å²) in [6, 6.07) is 21.6. The maximum Gasteiger partial charge on any atom is 0.342 e. The van der Waals surface area contributed by atoms with E-state index in [0.29, 0.717) is 11.1 Å². The zero-order chi connectivity index (χ0) is 17.0. The lowest BCUT2D eigenvalue weighted by atomic mass is 9.87. The smallest absolute Gasteiger partial charge is 0.342 e. The average molecular weight is 328 g/mol. The van der Waals surface area contributed by atoms with Crippen molar-refractivity contribution < 1.29 is 4.42 Å². The summed E-state index contributed by atoms with van der Waals surface area (Å²) in [6.07, 6.45) is 2.02. The molecule has 1 aliphatic rings. The minimum atomic E-state index is -0.678. The van der Waals surface area contributed by atoms with Gasteiger partial charge in [0.1, 0.15) is 11.1 Å². The number of rotatable bonds is 1. The topological polar surface area (TPSA) is 47.2 Å². The third-order valence-corrected chi connectivity index (χ3v) is 4.99. The average Bonchev–Trinajstić information content (AvgIpc) is 3.12. The summed E-state index contributed by atoms with van der Waals surface area (Å²) in [6.45, 7) is 2.02. The molecular weight excluding hydrogens is 312 g/mol. The summed E-state index contributed by atoms with van der Waals surface area (Å²) < 4.78 is 7.71. The predicted molar refractivity (Wildman–Crippen MR) is 98.3 cm³/mol. The Kier molecular flexibility index (Phi) is 2.74. The number of anilines is 1. The van der Waals surface area contributed by atoms with Gasteiger partial charge in [0, 0.05) is 11.6 Å². The third-order valence-electron chi connectivity index (χ3n) is 4.99. The van der Waals surface area contributed by atoms with Crippen LogP contribution in [0, 0.1) is 0 Å². The predicted octanol–water partition coefficient (Wildman–Crippen LogP) is 4.27. The van der Waals surface area contributed by atoms with Crippen molar-refractivity contribution in [2.45, 2.75) is 12.5 Å². The molecule has 4 nitrogen and oxygen atoms in total. The molecule has 2 aromatic carbocycles. The minimum absolute atomic E-state index is 0.319. The second kappa shape index (κ2) is 4.86. The number of fused-ring (bicyclic) bond motifs is 4. The van der Waals surface area contributed by atoms with E-state index in [4.69, 9.17) is 4.42 Å². The van der Waals surface area contributed by atoms with Crippen LogP contribution in [0.25, 0.3) is 16.7 Å². The van der Waals surface area contributed by atoms with E-state index in [1.807, 2.05) is 73.8 Å². The highest BCUT2D eigenvalue weighted by Crippen LogP contribution is 2.40. The van der Waals surface area contributed by atoms with Gasteiger partial charge in [0.2, 0.25) is 0 Å². The van der Waals surface area contributed by atoms with Crippen molar-refractivity contribution in [2.75, 3.05) is 5.32 Å². The first kappa shape index (κ1) is 14.1. The Labute approximate surface area is 144 Å². The van der Waals surface area contributed by atoms with Gasteiger partial charge in [-0.3, -0.25) is 0 Å². The van der Waals surface area contributed by atoms with Crippen LogP contribution in [0.1, 0.15) is 18.2 Å². The Hall–Kier alpha value is -3.27. The van der Waals surface area contributed by atoms with E-state index < -0.39 is 5.54 Å². The zero-order valence-electron chi connectivity index (χ0n) is 13.7. The van der Waals surface area contributed by atoms with E-state index in [2.05, 4.69) is 16.0 Å². The number of nitrogens with zero attached hydrogens (tertiary/aromatic N) is 1. The van der Waals surface area contributed by atoms with Crippen LogP contribution in [-0.4, -0.2) is 4.57 Å². The highest BCUT2D eigenvalue weighted by Gasteiger charge is 2.38. The van der Waals surface area contributed by atoms with Crippen molar-refractivity contribution in [3.63, 3.8) is 0 Å². The van der Waals surface area contributed by atoms with Crippen LogP contribution in [0.4, 0.5) is 5.69 Å². The van der Waals surface area contributed by atoms with Crippen LogP contribution in [0.2, 0.25) is 0 Å². The third kappa shape index (κ3) is 1.91. The number of aromatic nitrogens is 1. The van der Waals surface area contributed by atoms with Crippen LogP contribution >= 0.6 is 0 Å². The largest absolute Gasteiger partial charge is 0.422 e. The minimum Gasteiger partial charge on any atom is -0.422 e. The van der Waals surface area contributed by atoms with Crippen molar-refractivity contribution in [1.29, 1.82) is 0 Å². The highest BCUT2D eigenvalue weighted by atomic mass is 16.4. The van der Waals surface area contributed by atoms with E-state index in [1.54, 1.807) is 0 Å². The van der Waals surface area contributed by atoms with Crippen molar-refractivity contribution >= 4 is 16.7 Å². The van der Waals surface area contributed by atoms with Crippen LogP contribution in [0.3, 0.4) is 0 Å². The lowest BCUT2D eigenvalue weighted by Gasteiger charge is -2.37. The summed E-state index contributed by atoms with van der Waals surface area (Å²) in [4.78, 5) is 12.8. The molecule has 0 fully saturated rings. The SMILES string of the molecule is CC1(c2cc3ccccc3oc2=O)Nc2ccccc2-n2cccc21. The second-order valence-electron chi connectivity index (χ2n) is 6.52. The lowest BCUT2D eigenvalue weighted by Crippen LogP contribution is -2.42. The molecule has 122 valence electrons. The van der Waals surface area contributed by atoms with Gasteiger partial charge >= 0.3 is 5.63 Å². The molecule has 2 aromatic heterocycles. The van der Waals surface area contributed by atoms with Gasteiger partial charge < -0.3 is 14.3 Å². The van der Waals surface area contributed by atoms with Crippen LogP contribution in [0.15, 0.2) is 82.1 Å². The Morgan fingerprint density at radius 1 is 1.00 bits per heavy atom.